The molecule has 21 heavy (non-hydrogen) atoms. The standard InChI is InChI=1S/C14H23N3O2S2/c18-21(19,12-13-4-1-2-5-13)17-8-3-7-16(9-10-17)14-15-6-11-20-14/h6,11,13H,1-5,7-10,12H2. The molecular weight excluding hydrogens is 306 g/mol. The molecule has 1 aliphatic carbocycles. The largest absolute Gasteiger partial charge is 0.347 e. The van der Waals surface area contributed by atoms with Crippen molar-refractivity contribution in [2.24, 2.45) is 5.92 Å². The number of thiazole rings is 1. The van der Waals surface area contributed by atoms with Gasteiger partial charge in [-0.05, 0) is 25.2 Å². The first kappa shape index (κ1) is 15.2. The Hall–Kier alpha value is -0.660. The third-order valence-electron chi connectivity index (χ3n) is 4.46. The maximum absolute atomic E-state index is 12.6. The highest BCUT2D eigenvalue weighted by atomic mass is 32.2. The number of rotatable bonds is 4. The fraction of sp³-hybridized carbons (Fsp3) is 0.786. The Bertz CT molecular complexity index is 539. The number of sulfonamides is 1. The first-order chi connectivity index (χ1) is 10.1. The van der Waals surface area contributed by atoms with Gasteiger partial charge < -0.3 is 4.90 Å². The van der Waals surface area contributed by atoms with Gasteiger partial charge in [-0.1, -0.05) is 12.8 Å². The molecule has 3 rings (SSSR count). The van der Waals surface area contributed by atoms with E-state index in [9.17, 15) is 8.42 Å². The van der Waals surface area contributed by atoms with E-state index in [1.54, 1.807) is 21.8 Å². The zero-order valence-electron chi connectivity index (χ0n) is 12.3. The van der Waals surface area contributed by atoms with Crippen LogP contribution in [0.3, 0.4) is 0 Å². The molecule has 0 bridgehead atoms. The van der Waals surface area contributed by atoms with Crippen molar-refractivity contribution in [1.82, 2.24) is 9.29 Å². The second kappa shape index (κ2) is 6.62. The van der Waals surface area contributed by atoms with Crippen molar-refractivity contribution < 1.29 is 8.42 Å². The molecule has 1 aliphatic heterocycles. The van der Waals surface area contributed by atoms with Gasteiger partial charge in [-0.3, -0.25) is 0 Å². The molecule has 1 aromatic heterocycles. The first-order valence-corrected chi connectivity index (χ1v) is 10.3. The summed E-state index contributed by atoms with van der Waals surface area (Å²) in [4.78, 5) is 6.53. The maximum atomic E-state index is 12.6. The average Bonchev–Trinajstić information content (AvgIpc) is 3.08. The molecule has 5 nitrogen and oxygen atoms in total. The van der Waals surface area contributed by atoms with Crippen molar-refractivity contribution in [2.75, 3.05) is 36.8 Å². The Morgan fingerprint density at radius 1 is 1.14 bits per heavy atom. The van der Waals surface area contributed by atoms with Gasteiger partial charge in [0.2, 0.25) is 10.0 Å². The SMILES string of the molecule is O=S(=O)(CC1CCCC1)N1CCCN(c2nccs2)CC1. The van der Waals surface area contributed by atoms with Gasteiger partial charge in [0.25, 0.3) is 0 Å². The van der Waals surface area contributed by atoms with Crippen LogP contribution in [-0.2, 0) is 10.0 Å². The Morgan fingerprint density at radius 2 is 1.95 bits per heavy atom. The van der Waals surface area contributed by atoms with Gasteiger partial charge in [-0.15, -0.1) is 11.3 Å². The molecule has 7 heteroatoms. The van der Waals surface area contributed by atoms with E-state index in [0.717, 1.165) is 37.5 Å². The van der Waals surface area contributed by atoms with Crippen molar-refractivity contribution in [3.8, 4) is 0 Å². The lowest BCUT2D eigenvalue weighted by atomic mass is 10.1. The van der Waals surface area contributed by atoms with Gasteiger partial charge in [-0.2, -0.15) is 0 Å². The fourth-order valence-corrected chi connectivity index (χ4v) is 5.92. The third-order valence-corrected chi connectivity index (χ3v) is 7.34. The minimum absolute atomic E-state index is 0.351. The molecule has 1 saturated heterocycles. The molecule has 2 fully saturated rings. The second-order valence-corrected chi connectivity index (χ2v) is 8.87. The molecule has 0 radical (unpaired) electrons. The van der Waals surface area contributed by atoms with E-state index < -0.39 is 10.0 Å². The van der Waals surface area contributed by atoms with E-state index in [-0.39, 0.29) is 0 Å². The molecule has 1 aromatic rings. The summed E-state index contributed by atoms with van der Waals surface area (Å²) in [6, 6.07) is 0. The quantitative estimate of drug-likeness (QED) is 0.849. The molecule has 2 heterocycles. The molecule has 0 atom stereocenters. The predicted molar refractivity (Wildman–Crippen MR) is 86.3 cm³/mol. The predicted octanol–water partition coefficient (Wildman–Crippen LogP) is 2.18. The summed E-state index contributed by atoms with van der Waals surface area (Å²) in [5.41, 5.74) is 0. The van der Waals surface area contributed by atoms with Gasteiger partial charge in [-0.25, -0.2) is 17.7 Å². The maximum Gasteiger partial charge on any atom is 0.214 e. The van der Waals surface area contributed by atoms with Crippen LogP contribution >= 0.6 is 11.3 Å². The van der Waals surface area contributed by atoms with Crippen LogP contribution in [-0.4, -0.2) is 49.6 Å². The van der Waals surface area contributed by atoms with Gasteiger partial charge in [0.05, 0.1) is 5.75 Å². The van der Waals surface area contributed by atoms with Crippen LogP contribution in [0.4, 0.5) is 5.13 Å². The van der Waals surface area contributed by atoms with E-state index in [1.165, 1.54) is 12.8 Å². The molecule has 0 amide bonds. The molecule has 118 valence electrons. The Morgan fingerprint density at radius 3 is 2.67 bits per heavy atom. The lowest BCUT2D eigenvalue weighted by molar-refractivity contribution is 0.424. The zero-order valence-corrected chi connectivity index (χ0v) is 13.9. The molecule has 1 saturated carbocycles. The molecular formula is C14H23N3O2S2. The number of nitrogens with zero attached hydrogens (tertiary/aromatic N) is 3. The van der Waals surface area contributed by atoms with E-state index in [4.69, 9.17) is 0 Å². The summed E-state index contributed by atoms with van der Waals surface area (Å²) < 4.78 is 26.9. The highest BCUT2D eigenvalue weighted by Crippen LogP contribution is 2.27. The first-order valence-electron chi connectivity index (χ1n) is 7.77. The Labute approximate surface area is 131 Å². The minimum Gasteiger partial charge on any atom is -0.347 e. The molecule has 0 spiro atoms. The summed E-state index contributed by atoms with van der Waals surface area (Å²) in [7, 11) is -3.09. The van der Waals surface area contributed by atoms with Crippen molar-refractivity contribution in [2.45, 2.75) is 32.1 Å². The van der Waals surface area contributed by atoms with Gasteiger partial charge in [0.1, 0.15) is 0 Å². The number of aromatic nitrogens is 1. The van der Waals surface area contributed by atoms with Crippen LogP contribution in [0.5, 0.6) is 0 Å². The highest BCUT2D eigenvalue weighted by molar-refractivity contribution is 7.89. The minimum atomic E-state index is -3.09. The molecule has 0 N–H and O–H groups in total. The van der Waals surface area contributed by atoms with Gasteiger partial charge in [0.15, 0.2) is 5.13 Å². The Balaban J connectivity index is 1.61. The van der Waals surface area contributed by atoms with Crippen LogP contribution in [0.2, 0.25) is 0 Å². The normalized spacial score (nSPS) is 22.6. The Kier molecular flexibility index (Phi) is 4.81. The van der Waals surface area contributed by atoms with E-state index in [1.807, 2.05) is 5.38 Å². The lowest BCUT2D eigenvalue weighted by Gasteiger charge is -2.22. The highest BCUT2D eigenvalue weighted by Gasteiger charge is 2.29. The topological polar surface area (TPSA) is 53.5 Å². The average molecular weight is 329 g/mol. The van der Waals surface area contributed by atoms with Crippen LogP contribution in [0, 0.1) is 5.92 Å². The summed E-state index contributed by atoms with van der Waals surface area (Å²) >= 11 is 1.62. The van der Waals surface area contributed by atoms with Crippen molar-refractivity contribution >= 4 is 26.5 Å². The van der Waals surface area contributed by atoms with Gasteiger partial charge >= 0.3 is 0 Å². The molecule has 0 unspecified atom stereocenters. The summed E-state index contributed by atoms with van der Waals surface area (Å²) in [6.45, 7) is 2.88. The monoisotopic (exact) mass is 329 g/mol. The van der Waals surface area contributed by atoms with Crippen LogP contribution in [0.25, 0.3) is 0 Å². The van der Waals surface area contributed by atoms with Crippen molar-refractivity contribution in [3.05, 3.63) is 11.6 Å². The van der Waals surface area contributed by atoms with Crippen LogP contribution in [0.15, 0.2) is 11.6 Å². The second-order valence-electron chi connectivity index (χ2n) is 5.98. The number of anilines is 1. The van der Waals surface area contributed by atoms with Crippen LogP contribution < -0.4 is 4.90 Å². The fourth-order valence-electron chi connectivity index (χ4n) is 3.32. The summed E-state index contributed by atoms with van der Waals surface area (Å²) in [6.07, 6.45) is 7.23. The zero-order chi connectivity index (χ0) is 14.7. The van der Waals surface area contributed by atoms with Gasteiger partial charge in [0, 0.05) is 37.8 Å². The van der Waals surface area contributed by atoms with E-state index in [2.05, 4.69) is 9.88 Å². The van der Waals surface area contributed by atoms with Crippen LogP contribution in [0.1, 0.15) is 32.1 Å². The summed E-state index contributed by atoms with van der Waals surface area (Å²) in [5.74, 6) is 0.734. The van der Waals surface area contributed by atoms with Crippen molar-refractivity contribution in [3.63, 3.8) is 0 Å². The number of hydrogen-bond donors (Lipinski definition) is 0. The van der Waals surface area contributed by atoms with Crippen molar-refractivity contribution in [1.29, 1.82) is 0 Å². The van der Waals surface area contributed by atoms with E-state index >= 15 is 0 Å². The smallest absolute Gasteiger partial charge is 0.214 e. The third kappa shape index (κ3) is 3.76. The molecule has 2 aliphatic rings. The lowest BCUT2D eigenvalue weighted by Crippen LogP contribution is -2.38. The summed E-state index contributed by atoms with van der Waals surface area (Å²) in [5, 5.41) is 2.97. The number of hydrogen-bond acceptors (Lipinski definition) is 5. The molecule has 0 aromatic carbocycles. The van der Waals surface area contributed by atoms with E-state index in [0.29, 0.717) is 24.8 Å².